The van der Waals surface area contributed by atoms with Gasteiger partial charge in [0.15, 0.2) is 0 Å². The van der Waals surface area contributed by atoms with Crippen LogP contribution < -0.4 is 0 Å². The molecular formula is C20H33F3O4SSi. The van der Waals surface area contributed by atoms with E-state index in [-0.39, 0.29) is 28.7 Å². The average molecular weight is 455 g/mol. The molecule has 0 spiro atoms. The van der Waals surface area contributed by atoms with Crippen molar-refractivity contribution in [3.8, 4) is 11.5 Å². The van der Waals surface area contributed by atoms with E-state index in [0.29, 0.717) is 13.0 Å². The van der Waals surface area contributed by atoms with E-state index in [1.54, 1.807) is 6.92 Å². The number of rotatable bonds is 8. The second-order valence-corrected chi connectivity index (χ2v) is 14.5. The van der Waals surface area contributed by atoms with Gasteiger partial charge in [-0.1, -0.05) is 47.1 Å². The number of allylic oxidation sites excluding steroid dienone is 2. The molecule has 1 aliphatic rings. The fraction of sp³-hybridized carbons (Fsp3) is 0.800. The van der Waals surface area contributed by atoms with E-state index in [1.165, 1.54) is 6.08 Å². The van der Waals surface area contributed by atoms with Gasteiger partial charge in [0.25, 0.3) is 8.32 Å². The molecule has 0 aromatic carbocycles. The fourth-order valence-corrected chi connectivity index (χ4v) is 7.91. The first-order chi connectivity index (χ1) is 13.2. The van der Waals surface area contributed by atoms with Crippen molar-refractivity contribution in [3.05, 3.63) is 11.8 Å². The van der Waals surface area contributed by atoms with Crippen LogP contribution in [0.3, 0.4) is 0 Å². The van der Waals surface area contributed by atoms with E-state index in [9.17, 15) is 21.6 Å². The molecule has 9 heteroatoms. The van der Waals surface area contributed by atoms with Crippen LogP contribution in [0.4, 0.5) is 13.2 Å². The molecule has 0 aromatic heterocycles. The summed E-state index contributed by atoms with van der Waals surface area (Å²) in [5, 5.41) is 0. The second-order valence-electron chi connectivity index (χ2n) is 8.48. The van der Waals surface area contributed by atoms with Crippen LogP contribution in [0.25, 0.3) is 0 Å². The van der Waals surface area contributed by atoms with Crippen LogP contribution in [-0.4, -0.2) is 28.9 Å². The van der Waals surface area contributed by atoms with Crippen LogP contribution in [0.5, 0.6) is 0 Å². The number of hydrogen-bond donors (Lipinski definition) is 0. The summed E-state index contributed by atoms with van der Waals surface area (Å²) < 4.78 is 72.5. The maximum absolute atomic E-state index is 12.8. The van der Waals surface area contributed by atoms with Crippen molar-refractivity contribution in [2.24, 2.45) is 17.8 Å². The van der Waals surface area contributed by atoms with Crippen LogP contribution in [0.2, 0.25) is 11.1 Å². The van der Waals surface area contributed by atoms with Crippen LogP contribution >= 0.6 is 0 Å². The average Bonchev–Trinajstić information content (AvgIpc) is 2.56. The highest BCUT2D eigenvalue weighted by Crippen LogP contribution is 2.39. The molecule has 0 fully saturated rings. The Hall–Kier alpha value is -0.983. The molecule has 0 saturated heterocycles. The minimum atomic E-state index is -5.69. The Morgan fingerprint density at radius 3 is 2.17 bits per heavy atom. The van der Waals surface area contributed by atoms with E-state index in [0.717, 1.165) is 6.42 Å². The monoisotopic (exact) mass is 454 g/mol. The number of alkyl halides is 3. The third kappa shape index (κ3) is 6.25. The minimum absolute atomic E-state index is 0.0523. The molecule has 0 radical (unpaired) electrons. The van der Waals surface area contributed by atoms with Gasteiger partial charge in [0.1, 0.15) is 5.76 Å². The van der Waals surface area contributed by atoms with Gasteiger partial charge in [-0.25, -0.2) is 0 Å². The Balaban J connectivity index is 3.08. The highest BCUT2D eigenvalue weighted by Gasteiger charge is 2.50. The quantitative estimate of drug-likeness (QED) is 0.202. The van der Waals surface area contributed by atoms with E-state index in [4.69, 9.17) is 4.43 Å². The molecule has 168 valence electrons. The van der Waals surface area contributed by atoms with E-state index < -0.39 is 29.9 Å². The summed E-state index contributed by atoms with van der Waals surface area (Å²) in [6.07, 6.45) is 2.79. The first-order valence-electron chi connectivity index (χ1n) is 9.98. The molecule has 0 N–H and O–H groups in total. The topological polar surface area (TPSA) is 52.6 Å². The van der Waals surface area contributed by atoms with Crippen molar-refractivity contribution >= 4 is 18.4 Å². The summed E-state index contributed by atoms with van der Waals surface area (Å²) in [7, 11) is -8.10. The van der Waals surface area contributed by atoms with Crippen molar-refractivity contribution in [1.82, 2.24) is 0 Å². The molecule has 0 bridgehead atoms. The highest BCUT2D eigenvalue weighted by atomic mass is 32.2. The highest BCUT2D eigenvalue weighted by molar-refractivity contribution is 7.87. The first-order valence-corrected chi connectivity index (χ1v) is 13.4. The van der Waals surface area contributed by atoms with Crippen LogP contribution in [0.15, 0.2) is 11.8 Å². The van der Waals surface area contributed by atoms with E-state index in [2.05, 4.69) is 43.3 Å². The second kappa shape index (κ2) is 9.88. The van der Waals surface area contributed by atoms with Gasteiger partial charge in [-0.3, -0.25) is 0 Å². The Bertz CT molecular complexity index is 740. The summed E-state index contributed by atoms with van der Waals surface area (Å²) in [5.74, 6) is 2.14. The van der Waals surface area contributed by atoms with Crippen LogP contribution in [0.1, 0.15) is 61.3 Å². The predicted octanol–water partition coefficient (Wildman–Crippen LogP) is 5.76. The van der Waals surface area contributed by atoms with Crippen molar-refractivity contribution in [2.45, 2.75) is 77.9 Å². The Morgan fingerprint density at radius 2 is 1.72 bits per heavy atom. The first kappa shape index (κ1) is 26.1. The molecule has 4 nitrogen and oxygen atoms in total. The molecule has 29 heavy (non-hydrogen) atoms. The van der Waals surface area contributed by atoms with Gasteiger partial charge in [-0.05, 0) is 48.8 Å². The van der Waals surface area contributed by atoms with Gasteiger partial charge in [0.2, 0.25) is 0 Å². The zero-order chi connectivity index (χ0) is 22.6. The van der Waals surface area contributed by atoms with Crippen LogP contribution in [-0.2, 0) is 18.7 Å². The third-order valence-corrected chi connectivity index (χ3v) is 11.2. The van der Waals surface area contributed by atoms with Crippen molar-refractivity contribution in [1.29, 1.82) is 0 Å². The zero-order valence-corrected chi connectivity index (χ0v) is 20.1. The maximum Gasteiger partial charge on any atom is 0.534 e. The SMILES string of the molecule is CC#C[Si](OC[C@H](C)[C@H]1CC[C@H](C)C=C1OS(=O)(=O)C(F)(F)F)(C(C)C)C(C)C. The largest absolute Gasteiger partial charge is 0.534 e. The molecule has 0 unspecified atom stereocenters. The summed E-state index contributed by atoms with van der Waals surface area (Å²) in [4.78, 5) is 0. The summed E-state index contributed by atoms with van der Waals surface area (Å²) >= 11 is 0. The van der Waals surface area contributed by atoms with Crippen LogP contribution in [0, 0.1) is 29.2 Å². The lowest BCUT2D eigenvalue weighted by molar-refractivity contribution is -0.0532. The number of halogens is 3. The Kier molecular flexibility index (Phi) is 8.88. The van der Waals surface area contributed by atoms with Gasteiger partial charge in [-0.2, -0.15) is 21.6 Å². The lowest BCUT2D eigenvalue weighted by Gasteiger charge is -2.37. The normalized spacial score (nSPS) is 22.1. The molecule has 0 amide bonds. The maximum atomic E-state index is 12.8. The number of hydrogen-bond acceptors (Lipinski definition) is 4. The standard InChI is InChI=1S/C20H33F3O4SSi/c1-8-11-29(14(2)3,15(4)5)26-13-17(7)18-10-9-16(6)12-19(18)27-28(24,25)20(21,22)23/h12,14-18H,9-10,13H2,1-7H3/t16-,17-,18+/m0/s1. The van der Waals surface area contributed by atoms with Gasteiger partial charge >= 0.3 is 15.6 Å². The lowest BCUT2D eigenvalue weighted by atomic mass is 9.81. The van der Waals surface area contributed by atoms with Gasteiger partial charge < -0.3 is 8.61 Å². The Morgan fingerprint density at radius 1 is 1.17 bits per heavy atom. The molecule has 0 saturated carbocycles. The van der Waals surface area contributed by atoms with Crippen molar-refractivity contribution < 1.29 is 30.2 Å². The molecule has 0 aromatic rings. The third-order valence-electron chi connectivity index (χ3n) is 5.54. The lowest BCUT2D eigenvalue weighted by Crippen LogP contribution is -2.45. The summed E-state index contributed by atoms with van der Waals surface area (Å²) in [6, 6.07) is 0. The van der Waals surface area contributed by atoms with Gasteiger partial charge in [0.05, 0.1) is 0 Å². The molecule has 0 aliphatic heterocycles. The van der Waals surface area contributed by atoms with E-state index >= 15 is 0 Å². The van der Waals surface area contributed by atoms with Gasteiger partial charge in [0, 0.05) is 12.5 Å². The molecular weight excluding hydrogens is 421 g/mol. The van der Waals surface area contributed by atoms with Crippen molar-refractivity contribution in [3.63, 3.8) is 0 Å². The molecule has 1 rings (SSSR count). The molecule has 3 atom stereocenters. The zero-order valence-electron chi connectivity index (χ0n) is 18.3. The van der Waals surface area contributed by atoms with E-state index in [1.807, 2.05) is 13.8 Å². The molecule has 0 heterocycles. The van der Waals surface area contributed by atoms with Gasteiger partial charge in [-0.15, -0.1) is 5.92 Å². The minimum Gasteiger partial charge on any atom is -0.405 e. The smallest absolute Gasteiger partial charge is 0.405 e. The van der Waals surface area contributed by atoms with Crippen molar-refractivity contribution in [2.75, 3.05) is 6.61 Å². The summed E-state index contributed by atoms with van der Waals surface area (Å²) in [6.45, 7) is 14.1. The fourth-order valence-electron chi connectivity index (χ4n) is 3.81. The predicted molar refractivity (Wildman–Crippen MR) is 111 cm³/mol. The Labute approximate surface area is 174 Å². The summed E-state index contributed by atoms with van der Waals surface area (Å²) in [5.41, 5.74) is -1.66. The molecule has 1 aliphatic carbocycles.